The van der Waals surface area contributed by atoms with Crippen molar-refractivity contribution in [3.63, 3.8) is 0 Å². The number of benzene rings is 4. The van der Waals surface area contributed by atoms with Gasteiger partial charge in [0.25, 0.3) is 0 Å². The first kappa shape index (κ1) is 22.5. The van der Waals surface area contributed by atoms with Gasteiger partial charge in [-0.15, -0.1) is 0 Å². The molecule has 0 amide bonds. The average Bonchev–Trinajstić information content (AvgIpc) is 2.85. The molecule has 0 aliphatic carbocycles. The maximum absolute atomic E-state index is 12.1. The van der Waals surface area contributed by atoms with Gasteiger partial charge in [-0.25, -0.2) is 0 Å². The number of methoxy groups -OCH3 is 1. The molecule has 1 N–H and O–H groups in total. The first-order valence-corrected chi connectivity index (χ1v) is 10.1. The molecule has 4 aromatic rings. The van der Waals surface area contributed by atoms with Crippen molar-refractivity contribution in [3.8, 4) is 11.5 Å². The monoisotopic (exact) mass is 424 g/mol. The second-order valence-corrected chi connectivity index (χ2v) is 7.09. The fraction of sp³-hybridized carbons (Fsp3) is 0.0714. The van der Waals surface area contributed by atoms with Crippen molar-refractivity contribution in [3.05, 3.63) is 131 Å². The molecule has 4 aromatic carbocycles. The molecule has 0 aromatic heterocycles. The first-order valence-electron chi connectivity index (χ1n) is 10.1. The van der Waals surface area contributed by atoms with Gasteiger partial charge in [-0.3, -0.25) is 9.59 Å². The highest BCUT2D eigenvalue weighted by Gasteiger charge is 2.13. The zero-order valence-electron chi connectivity index (χ0n) is 18.0. The van der Waals surface area contributed by atoms with Gasteiger partial charge in [0.1, 0.15) is 11.5 Å². The Hall–Kier alpha value is -4.18. The number of carbonyl (C=O) groups excluding carboxylic acids is 2. The third-order valence-electron chi connectivity index (χ3n) is 4.91. The second-order valence-electron chi connectivity index (χ2n) is 7.09. The smallest absolute Gasteiger partial charge is 0.196 e. The van der Waals surface area contributed by atoms with E-state index in [1.165, 1.54) is 13.2 Å². The van der Waals surface area contributed by atoms with Crippen molar-refractivity contribution in [2.24, 2.45) is 0 Å². The van der Waals surface area contributed by atoms with Crippen LogP contribution in [0.2, 0.25) is 0 Å². The summed E-state index contributed by atoms with van der Waals surface area (Å²) in [5.74, 6) is 0.338. The van der Waals surface area contributed by atoms with Crippen LogP contribution in [-0.4, -0.2) is 23.8 Å². The van der Waals surface area contributed by atoms with Crippen molar-refractivity contribution in [1.29, 1.82) is 0 Å². The Morgan fingerprint density at radius 2 is 1.16 bits per heavy atom. The lowest BCUT2D eigenvalue weighted by molar-refractivity contribution is 0.102. The fourth-order valence-corrected chi connectivity index (χ4v) is 3.15. The number of aryl methyl sites for hydroxylation is 1. The standard InChI is InChI=1S/C14H12O3.C14H12O/c1-17-11-7-8-12(13(15)9-11)14(16)10-5-3-2-4-6-10;1-11-7-5-6-10-13(11)14(15)12-8-3-2-4-9-12/h2-9,15H,1H3;2-10H,1H3. The van der Waals surface area contributed by atoms with Crippen molar-refractivity contribution in [2.45, 2.75) is 6.92 Å². The first-order chi connectivity index (χ1) is 15.5. The Morgan fingerprint density at radius 1 is 0.656 bits per heavy atom. The van der Waals surface area contributed by atoms with Crippen LogP contribution in [0, 0.1) is 6.92 Å². The Labute approximate surface area is 187 Å². The topological polar surface area (TPSA) is 63.6 Å². The van der Waals surface area contributed by atoms with Crippen LogP contribution >= 0.6 is 0 Å². The van der Waals surface area contributed by atoms with E-state index in [-0.39, 0.29) is 22.9 Å². The fourth-order valence-electron chi connectivity index (χ4n) is 3.15. The summed E-state index contributed by atoms with van der Waals surface area (Å²) in [6.45, 7) is 1.95. The van der Waals surface area contributed by atoms with Crippen LogP contribution in [0.3, 0.4) is 0 Å². The predicted octanol–water partition coefficient (Wildman–Crippen LogP) is 5.86. The highest BCUT2D eigenvalue weighted by molar-refractivity contribution is 6.11. The lowest BCUT2D eigenvalue weighted by atomic mass is 9.99. The van der Waals surface area contributed by atoms with E-state index in [0.29, 0.717) is 11.3 Å². The van der Waals surface area contributed by atoms with Crippen molar-refractivity contribution >= 4 is 11.6 Å². The van der Waals surface area contributed by atoms with E-state index in [0.717, 1.165) is 16.7 Å². The summed E-state index contributed by atoms with van der Waals surface area (Å²) in [6, 6.07) is 30.5. The summed E-state index contributed by atoms with van der Waals surface area (Å²) in [7, 11) is 1.51. The lowest BCUT2D eigenvalue weighted by Gasteiger charge is -2.06. The van der Waals surface area contributed by atoms with E-state index < -0.39 is 0 Å². The van der Waals surface area contributed by atoms with E-state index in [2.05, 4.69) is 0 Å². The van der Waals surface area contributed by atoms with Gasteiger partial charge in [0.05, 0.1) is 12.7 Å². The Morgan fingerprint density at radius 3 is 1.66 bits per heavy atom. The van der Waals surface area contributed by atoms with E-state index in [1.807, 2.05) is 67.6 Å². The molecule has 0 bridgehead atoms. The number of aromatic hydroxyl groups is 1. The van der Waals surface area contributed by atoms with Gasteiger partial charge in [0, 0.05) is 22.8 Å². The van der Waals surface area contributed by atoms with Crippen molar-refractivity contribution in [1.82, 2.24) is 0 Å². The van der Waals surface area contributed by atoms with Gasteiger partial charge in [-0.05, 0) is 24.6 Å². The molecule has 32 heavy (non-hydrogen) atoms. The number of rotatable bonds is 5. The number of phenols is 1. The van der Waals surface area contributed by atoms with Gasteiger partial charge < -0.3 is 9.84 Å². The summed E-state index contributed by atoms with van der Waals surface area (Å²) in [5, 5.41) is 9.75. The number of hydrogen-bond donors (Lipinski definition) is 1. The van der Waals surface area contributed by atoms with Crippen LogP contribution in [0.1, 0.15) is 37.4 Å². The third kappa shape index (κ3) is 5.49. The number of hydrogen-bond acceptors (Lipinski definition) is 4. The maximum atomic E-state index is 12.1. The maximum Gasteiger partial charge on any atom is 0.196 e. The minimum atomic E-state index is -0.203. The zero-order valence-corrected chi connectivity index (χ0v) is 18.0. The molecule has 4 heteroatoms. The third-order valence-corrected chi connectivity index (χ3v) is 4.91. The van der Waals surface area contributed by atoms with Crippen LogP contribution in [0.25, 0.3) is 0 Å². The van der Waals surface area contributed by atoms with Gasteiger partial charge in [0.2, 0.25) is 0 Å². The molecular weight excluding hydrogens is 400 g/mol. The molecule has 0 spiro atoms. The summed E-state index contributed by atoms with van der Waals surface area (Å²) in [5.41, 5.74) is 3.37. The summed E-state index contributed by atoms with van der Waals surface area (Å²) < 4.78 is 4.96. The summed E-state index contributed by atoms with van der Waals surface area (Å²) >= 11 is 0. The number of phenolic OH excluding ortho intramolecular Hbond substituents is 1. The van der Waals surface area contributed by atoms with E-state index in [4.69, 9.17) is 4.74 Å². The number of ketones is 2. The Bertz CT molecular complexity index is 1200. The molecule has 0 aliphatic rings. The van der Waals surface area contributed by atoms with Gasteiger partial charge in [-0.2, -0.15) is 0 Å². The van der Waals surface area contributed by atoms with Crippen LogP contribution in [-0.2, 0) is 0 Å². The van der Waals surface area contributed by atoms with Crippen LogP contribution < -0.4 is 4.74 Å². The predicted molar refractivity (Wildman–Crippen MR) is 126 cm³/mol. The number of carbonyl (C=O) groups is 2. The van der Waals surface area contributed by atoms with E-state index >= 15 is 0 Å². The average molecular weight is 424 g/mol. The Kier molecular flexibility index (Phi) is 7.55. The van der Waals surface area contributed by atoms with E-state index in [1.54, 1.807) is 36.4 Å². The molecule has 160 valence electrons. The molecule has 0 fully saturated rings. The zero-order chi connectivity index (χ0) is 22.9. The highest BCUT2D eigenvalue weighted by atomic mass is 16.5. The molecule has 0 saturated heterocycles. The SMILES string of the molecule is COc1ccc(C(=O)c2ccccc2)c(O)c1.Cc1ccccc1C(=O)c1ccccc1. The van der Waals surface area contributed by atoms with Crippen LogP contribution in [0.15, 0.2) is 103 Å². The quantitative estimate of drug-likeness (QED) is 0.408. The van der Waals surface area contributed by atoms with E-state index in [9.17, 15) is 14.7 Å². The highest BCUT2D eigenvalue weighted by Crippen LogP contribution is 2.25. The summed E-state index contributed by atoms with van der Waals surface area (Å²) in [4.78, 5) is 24.1. The normalized spacial score (nSPS) is 9.94. The number of ether oxygens (including phenoxy) is 1. The molecule has 0 unspecified atom stereocenters. The largest absolute Gasteiger partial charge is 0.507 e. The molecule has 0 aliphatic heterocycles. The van der Waals surface area contributed by atoms with Gasteiger partial charge >= 0.3 is 0 Å². The Balaban J connectivity index is 0.000000182. The molecular formula is C28H24O4. The van der Waals surface area contributed by atoms with Crippen molar-refractivity contribution in [2.75, 3.05) is 7.11 Å². The molecule has 0 saturated carbocycles. The van der Waals surface area contributed by atoms with Crippen molar-refractivity contribution < 1.29 is 19.4 Å². The van der Waals surface area contributed by atoms with Gasteiger partial charge in [-0.1, -0.05) is 84.9 Å². The van der Waals surface area contributed by atoms with Crippen LogP contribution in [0.5, 0.6) is 11.5 Å². The van der Waals surface area contributed by atoms with Crippen LogP contribution in [0.4, 0.5) is 0 Å². The molecule has 0 atom stereocenters. The lowest BCUT2D eigenvalue weighted by Crippen LogP contribution is -2.02. The minimum absolute atomic E-state index is 0.0711. The molecule has 4 rings (SSSR count). The minimum Gasteiger partial charge on any atom is -0.507 e. The summed E-state index contributed by atoms with van der Waals surface area (Å²) in [6.07, 6.45) is 0. The molecule has 0 radical (unpaired) electrons. The second kappa shape index (κ2) is 10.7. The molecule has 4 nitrogen and oxygen atoms in total. The van der Waals surface area contributed by atoms with Gasteiger partial charge in [0.15, 0.2) is 11.6 Å². The molecule has 0 heterocycles.